The van der Waals surface area contributed by atoms with Crippen molar-refractivity contribution >= 4 is 15.9 Å². The molecule has 0 saturated carbocycles. The Morgan fingerprint density at radius 1 is 1.18 bits per heavy atom. The molecule has 0 bridgehead atoms. The van der Waals surface area contributed by atoms with Crippen molar-refractivity contribution < 1.29 is 4.39 Å². The minimum absolute atomic E-state index is 0.208. The maximum absolute atomic E-state index is 13.3. The lowest BCUT2D eigenvalue weighted by Crippen LogP contribution is -2.06. The molecule has 0 aliphatic rings. The topological polar surface area (TPSA) is 12.0 Å². The van der Waals surface area contributed by atoms with Gasteiger partial charge in [-0.15, -0.1) is 0 Å². The van der Waals surface area contributed by atoms with Crippen LogP contribution in [0.5, 0.6) is 0 Å². The summed E-state index contributed by atoms with van der Waals surface area (Å²) in [7, 11) is 1.88. The molecule has 0 unspecified atom stereocenters. The van der Waals surface area contributed by atoms with Crippen LogP contribution in [0.2, 0.25) is 0 Å². The van der Waals surface area contributed by atoms with Crippen molar-refractivity contribution in [3.8, 4) is 11.1 Å². The molecule has 0 aliphatic heterocycles. The molecular weight excluding hydrogens is 281 g/mol. The summed E-state index contributed by atoms with van der Waals surface area (Å²) < 4.78 is 14.3. The van der Waals surface area contributed by atoms with Gasteiger partial charge in [0.05, 0.1) is 0 Å². The first kappa shape index (κ1) is 12.3. The van der Waals surface area contributed by atoms with Gasteiger partial charge in [-0.1, -0.05) is 34.1 Å². The van der Waals surface area contributed by atoms with Crippen molar-refractivity contribution in [3.63, 3.8) is 0 Å². The van der Waals surface area contributed by atoms with Crippen molar-refractivity contribution in [2.24, 2.45) is 0 Å². The summed E-state index contributed by atoms with van der Waals surface area (Å²) >= 11 is 3.43. The van der Waals surface area contributed by atoms with Gasteiger partial charge in [0.15, 0.2) is 0 Å². The maximum atomic E-state index is 13.3. The molecule has 0 fully saturated rings. The third-order valence-corrected chi connectivity index (χ3v) is 3.07. The molecule has 2 rings (SSSR count). The van der Waals surface area contributed by atoms with Gasteiger partial charge in [0, 0.05) is 11.0 Å². The minimum atomic E-state index is -0.208. The number of halogens is 2. The van der Waals surface area contributed by atoms with Gasteiger partial charge >= 0.3 is 0 Å². The highest BCUT2D eigenvalue weighted by molar-refractivity contribution is 9.10. The standard InChI is InChI=1S/C14H13BrFN/c1-17-9-11-5-6-13(16)8-14(11)10-3-2-4-12(15)7-10/h2-8,17H,9H2,1H3. The van der Waals surface area contributed by atoms with Crippen LogP contribution in [-0.4, -0.2) is 7.05 Å². The minimum Gasteiger partial charge on any atom is -0.316 e. The summed E-state index contributed by atoms with van der Waals surface area (Å²) in [4.78, 5) is 0. The van der Waals surface area contributed by atoms with E-state index in [0.29, 0.717) is 0 Å². The average molecular weight is 294 g/mol. The van der Waals surface area contributed by atoms with Crippen molar-refractivity contribution in [2.45, 2.75) is 6.54 Å². The molecule has 0 aromatic heterocycles. The van der Waals surface area contributed by atoms with Crippen molar-refractivity contribution in [1.82, 2.24) is 5.32 Å². The van der Waals surface area contributed by atoms with Gasteiger partial charge in [-0.25, -0.2) is 4.39 Å². The summed E-state index contributed by atoms with van der Waals surface area (Å²) in [6, 6.07) is 12.8. The quantitative estimate of drug-likeness (QED) is 0.903. The zero-order valence-corrected chi connectivity index (χ0v) is 11.1. The number of rotatable bonds is 3. The smallest absolute Gasteiger partial charge is 0.123 e. The fourth-order valence-corrected chi connectivity index (χ4v) is 2.22. The second-order valence-electron chi connectivity index (χ2n) is 3.84. The summed E-state index contributed by atoms with van der Waals surface area (Å²) in [5.41, 5.74) is 3.04. The Morgan fingerprint density at radius 2 is 2.00 bits per heavy atom. The monoisotopic (exact) mass is 293 g/mol. The Kier molecular flexibility index (Phi) is 3.92. The second kappa shape index (κ2) is 5.43. The summed E-state index contributed by atoms with van der Waals surface area (Å²) in [5.74, 6) is -0.208. The molecule has 1 N–H and O–H groups in total. The van der Waals surface area contributed by atoms with Crippen LogP contribution in [0.25, 0.3) is 11.1 Å². The SMILES string of the molecule is CNCc1ccc(F)cc1-c1cccc(Br)c1. The van der Waals surface area contributed by atoms with E-state index in [0.717, 1.165) is 27.7 Å². The van der Waals surface area contributed by atoms with Gasteiger partial charge in [-0.05, 0) is 48.0 Å². The van der Waals surface area contributed by atoms with E-state index in [1.807, 2.05) is 37.4 Å². The van der Waals surface area contributed by atoms with E-state index in [9.17, 15) is 4.39 Å². The van der Waals surface area contributed by atoms with E-state index >= 15 is 0 Å². The Hall–Kier alpha value is -1.19. The van der Waals surface area contributed by atoms with Crippen LogP contribution < -0.4 is 5.32 Å². The lowest BCUT2D eigenvalue weighted by atomic mass is 9.99. The van der Waals surface area contributed by atoms with Crippen molar-refractivity contribution in [3.05, 3.63) is 58.3 Å². The third kappa shape index (κ3) is 2.93. The molecule has 2 aromatic rings. The zero-order valence-electron chi connectivity index (χ0n) is 9.50. The molecule has 0 heterocycles. The molecule has 88 valence electrons. The largest absolute Gasteiger partial charge is 0.316 e. The molecule has 2 aromatic carbocycles. The lowest BCUT2D eigenvalue weighted by molar-refractivity contribution is 0.627. The summed E-state index contributed by atoms with van der Waals surface area (Å²) in [5, 5.41) is 3.09. The van der Waals surface area contributed by atoms with E-state index in [2.05, 4.69) is 21.2 Å². The lowest BCUT2D eigenvalue weighted by Gasteiger charge is -2.10. The van der Waals surface area contributed by atoms with Crippen LogP contribution in [-0.2, 0) is 6.54 Å². The van der Waals surface area contributed by atoms with E-state index in [-0.39, 0.29) is 5.82 Å². The van der Waals surface area contributed by atoms with E-state index in [4.69, 9.17) is 0 Å². The number of benzene rings is 2. The van der Waals surface area contributed by atoms with Crippen LogP contribution in [0.3, 0.4) is 0 Å². The first-order chi connectivity index (χ1) is 8.20. The van der Waals surface area contributed by atoms with Crippen molar-refractivity contribution in [2.75, 3.05) is 7.05 Å². The first-order valence-electron chi connectivity index (χ1n) is 5.39. The Labute approximate surface area is 109 Å². The highest BCUT2D eigenvalue weighted by Gasteiger charge is 2.06. The molecule has 1 nitrogen and oxygen atoms in total. The van der Waals surface area contributed by atoms with Gasteiger partial charge < -0.3 is 5.32 Å². The molecule has 0 amide bonds. The third-order valence-electron chi connectivity index (χ3n) is 2.57. The van der Waals surface area contributed by atoms with Crippen LogP contribution in [0, 0.1) is 5.82 Å². The summed E-state index contributed by atoms with van der Waals surface area (Å²) in [6.45, 7) is 0.724. The highest BCUT2D eigenvalue weighted by atomic mass is 79.9. The van der Waals surface area contributed by atoms with Gasteiger partial charge in [-0.2, -0.15) is 0 Å². The summed E-state index contributed by atoms with van der Waals surface area (Å²) in [6.07, 6.45) is 0. The Morgan fingerprint density at radius 3 is 2.71 bits per heavy atom. The van der Waals surface area contributed by atoms with E-state index in [1.165, 1.54) is 6.07 Å². The van der Waals surface area contributed by atoms with Crippen molar-refractivity contribution in [1.29, 1.82) is 0 Å². The van der Waals surface area contributed by atoms with Gasteiger partial charge in [0.25, 0.3) is 0 Å². The Bertz CT molecular complexity index is 525. The number of hydrogen-bond donors (Lipinski definition) is 1. The molecule has 0 spiro atoms. The number of nitrogens with one attached hydrogen (secondary N) is 1. The van der Waals surface area contributed by atoms with Crippen LogP contribution in [0.15, 0.2) is 46.9 Å². The molecule has 0 atom stereocenters. The second-order valence-corrected chi connectivity index (χ2v) is 4.76. The predicted octanol–water partition coefficient (Wildman–Crippen LogP) is 3.97. The number of hydrogen-bond acceptors (Lipinski definition) is 1. The average Bonchev–Trinajstić information content (AvgIpc) is 2.32. The normalized spacial score (nSPS) is 10.5. The molecular formula is C14H13BrFN. The van der Waals surface area contributed by atoms with Crippen LogP contribution >= 0.6 is 15.9 Å². The van der Waals surface area contributed by atoms with Gasteiger partial charge in [-0.3, -0.25) is 0 Å². The Balaban J connectivity index is 2.52. The molecule has 17 heavy (non-hydrogen) atoms. The van der Waals surface area contributed by atoms with Crippen LogP contribution in [0.1, 0.15) is 5.56 Å². The van der Waals surface area contributed by atoms with Crippen LogP contribution in [0.4, 0.5) is 4.39 Å². The fraction of sp³-hybridized carbons (Fsp3) is 0.143. The highest BCUT2D eigenvalue weighted by Crippen LogP contribution is 2.27. The molecule has 3 heteroatoms. The molecule has 0 radical (unpaired) electrons. The maximum Gasteiger partial charge on any atom is 0.123 e. The fourth-order valence-electron chi connectivity index (χ4n) is 1.82. The van der Waals surface area contributed by atoms with Gasteiger partial charge in [0.1, 0.15) is 5.82 Å². The molecule has 0 aliphatic carbocycles. The first-order valence-corrected chi connectivity index (χ1v) is 6.19. The molecule has 0 saturated heterocycles. The van der Waals surface area contributed by atoms with E-state index < -0.39 is 0 Å². The zero-order chi connectivity index (χ0) is 12.3. The predicted molar refractivity (Wildman–Crippen MR) is 72.3 cm³/mol. The van der Waals surface area contributed by atoms with E-state index in [1.54, 1.807) is 6.07 Å². The van der Waals surface area contributed by atoms with Gasteiger partial charge in [0.2, 0.25) is 0 Å².